The number of sulfonamides is 1. The smallest absolute Gasteiger partial charge is 0.229 e. The van der Waals surface area contributed by atoms with Gasteiger partial charge in [0.25, 0.3) is 0 Å². The molecule has 0 unspecified atom stereocenters. The normalized spacial score (nSPS) is 11.8. The molecule has 6 heteroatoms. The van der Waals surface area contributed by atoms with Gasteiger partial charge in [-0.1, -0.05) is 32.0 Å². The molecule has 0 saturated carbocycles. The molecule has 2 rings (SSSR count). The lowest BCUT2D eigenvalue weighted by Gasteiger charge is -2.08. The third kappa shape index (κ3) is 3.54. The first-order valence-electron chi connectivity index (χ1n) is 5.90. The molecule has 2 aromatic rings. The van der Waals surface area contributed by atoms with E-state index in [2.05, 4.69) is 23.6 Å². The third-order valence-electron chi connectivity index (χ3n) is 2.51. The van der Waals surface area contributed by atoms with Gasteiger partial charge in [0.2, 0.25) is 10.0 Å². The number of para-hydroxylation sites is 1. The minimum absolute atomic E-state index is 0.369. The zero-order valence-electron chi connectivity index (χ0n) is 11.0. The summed E-state index contributed by atoms with van der Waals surface area (Å²) in [6, 6.07) is 7.34. The fraction of sp³-hybridized carbons (Fsp3) is 0.308. The van der Waals surface area contributed by atoms with Gasteiger partial charge in [0.15, 0.2) is 0 Å². The van der Waals surface area contributed by atoms with Crippen LogP contribution in [0.5, 0.6) is 0 Å². The van der Waals surface area contributed by atoms with Crippen molar-refractivity contribution in [2.45, 2.75) is 19.8 Å². The molecule has 0 aliphatic heterocycles. The number of hydrogen-bond donors (Lipinski definition) is 1. The molecule has 0 saturated heterocycles. The summed E-state index contributed by atoms with van der Waals surface area (Å²) in [6.45, 7) is 4.17. The van der Waals surface area contributed by atoms with Gasteiger partial charge < -0.3 is 0 Å². The van der Waals surface area contributed by atoms with Crippen LogP contribution >= 0.6 is 11.3 Å². The molecule has 0 radical (unpaired) electrons. The van der Waals surface area contributed by atoms with Gasteiger partial charge in [-0.05, 0) is 6.07 Å². The quantitative estimate of drug-likeness (QED) is 0.941. The Hall–Kier alpha value is -1.40. The molecule has 0 bridgehead atoms. The zero-order valence-corrected chi connectivity index (χ0v) is 12.7. The van der Waals surface area contributed by atoms with Gasteiger partial charge in [-0.15, -0.1) is 11.3 Å². The molecular weight excluding hydrogens is 280 g/mol. The summed E-state index contributed by atoms with van der Waals surface area (Å²) in [6.07, 6.45) is 2.94. The molecule has 1 heterocycles. The molecule has 4 nitrogen and oxygen atoms in total. The summed E-state index contributed by atoms with van der Waals surface area (Å²) in [5, 5.41) is 1.05. The van der Waals surface area contributed by atoms with E-state index in [-0.39, 0.29) is 0 Å². The second-order valence-electron chi connectivity index (χ2n) is 4.64. The van der Waals surface area contributed by atoms with E-state index in [0.717, 1.165) is 21.7 Å². The van der Waals surface area contributed by atoms with Crippen molar-refractivity contribution in [1.29, 1.82) is 0 Å². The number of thiazole rings is 1. The molecule has 0 fully saturated rings. The molecular formula is C13H16N2O2S2. The lowest BCUT2D eigenvalue weighted by Crippen LogP contribution is -2.10. The zero-order chi connectivity index (χ0) is 14.0. The Kier molecular flexibility index (Phi) is 3.91. The van der Waals surface area contributed by atoms with Crippen LogP contribution in [-0.4, -0.2) is 19.7 Å². The van der Waals surface area contributed by atoms with Crippen LogP contribution in [0.4, 0.5) is 5.69 Å². The number of anilines is 1. The van der Waals surface area contributed by atoms with E-state index in [9.17, 15) is 8.42 Å². The molecule has 0 atom stereocenters. The first-order valence-corrected chi connectivity index (χ1v) is 8.60. The Labute approximate surface area is 117 Å². The van der Waals surface area contributed by atoms with Gasteiger partial charge in [0, 0.05) is 17.7 Å². The summed E-state index contributed by atoms with van der Waals surface area (Å²) in [4.78, 5) is 5.34. The highest BCUT2D eigenvalue weighted by molar-refractivity contribution is 7.92. The highest BCUT2D eigenvalue weighted by atomic mass is 32.2. The van der Waals surface area contributed by atoms with Crippen molar-refractivity contribution in [3.63, 3.8) is 0 Å². The molecule has 0 amide bonds. The summed E-state index contributed by atoms with van der Waals surface area (Å²) < 4.78 is 25.3. The standard InChI is InChI=1S/C13H16N2O2S2/c1-9(2)13-14-8-12(18-13)10-6-4-5-7-11(10)15-19(3,16)17/h4-9,15H,1-3H3. The van der Waals surface area contributed by atoms with Crippen molar-refractivity contribution >= 4 is 27.0 Å². The van der Waals surface area contributed by atoms with E-state index < -0.39 is 10.0 Å². The topological polar surface area (TPSA) is 59.1 Å². The van der Waals surface area contributed by atoms with Crippen molar-refractivity contribution < 1.29 is 8.42 Å². The summed E-state index contributed by atoms with van der Waals surface area (Å²) in [7, 11) is -3.28. The lowest BCUT2D eigenvalue weighted by atomic mass is 10.1. The Morgan fingerprint density at radius 1 is 1.26 bits per heavy atom. The molecule has 19 heavy (non-hydrogen) atoms. The second kappa shape index (κ2) is 5.30. The highest BCUT2D eigenvalue weighted by Gasteiger charge is 2.12. The number of benzene rings is 1. The Balaban J connectivity index is 2.44. The fourth-order valence-electron chi connectivity index (χ4n) is 1.67. The van der Waals surface area contributed by atoms with Crippen LogP contribution in [0, 0.1) is 0 Å². The van der Waals surface area contributed by atoms with Crippen molar-refractivity contribution in [3.8, 4) is 10.4 Å². The van der Waals surface area contributed by atoms with Crippen LogP contribution in [0.3, 0.4) is 0 Å². The monoisotopic (exact) mass is 296 g/mol. The first-order chi connectivity index (χ1) is 8.87. The maximum Gasteiger partial charge on any atom is 0.229 e. The Bertz CT molecular complexity index is 675. The van der Waals surface area contributed by atoms with Crippen LogP contribution in [0.25, 0.3) is 10.4 Å². The SMILES string of the molecule is CC(C)c1ncc(-c2ccccc2NS(C)(=O)=O)s1. The average Bonchev–Trinajstić information content (AvgIpc) is 2.76. The van der Waals surface area contributed by atoms with E-state index >= 15 is 0 Å². The second-order valence-corrected chi connectivity index (χ2v) is 7.45. The summed E-state index contributed by atoms with van der Waals surface area (Å²) in [5.74, 6) is 0.369. The number of rotatable bonds is 4. The maximum absolute atomic E-state index is 11.4. The van der Waals surface area contributed by atoms with Crippen LogP contribution in [0.2, 0.25) is 0 Å². The molecule has 0 aliphatic carbocycles. The van der Waals surface area contributed by atoms with E-state index in [1.807, 2.05) is 12.1 Å². The van der Waals surface area contributed by atoms with E-state index in [1.165, 1.54) is 0 Å². The Morgan fingerprint density at radius 3 is 2.53 bits per heavy atom. The fourth-order valence-corrected chi connectivity index (χ4v) is 3.20. The van der Waals surface area contributed by atoms with Gasteiger partial charge in [-0.3, -0.25) is 4.72 Å². The number of hydrogen-bond acceptors (Lipinski definition) is 4. The van der Waals surface area contributed by atoms with Gasteiger partial charge in [-0.2, -0.15) is 0 Å². The maximum atomic E-state index is 11.4. The van der Waals surface area contributed by atoms with Gasteiger partial charge in [0.1, 0.15) is 0 Å². The highest BCUT2D eigenvalue weighted by Crippen LogP contribution is 2.34. The third-order valence-corrected chi connectivity index (χ3v) is 4.43. The summed E-state index contributed by atoms with van der Waals surface area (Å²) in [5.41, 5.74) is 1.45. The van der Waals surface area contributed by atoms with Crippen molar-refractivity contribution in [1.82, 2.24) is 4.98 Å². The molecule has 102 valence electrons. The predicted molar refractivity (Wildman–Crippen MR) is 80.1 cm³/mol. The van der Waals surface area contributed by atoms with Crippen molar-refractivity contribution in [3.05, 3.63) is 35.5 Å². The van der Waals surface area contributed by atoms with Gasteiger partial charge >= 0.3 is 0 Å². The van der Waals surface area contributed by atoms with Crippen molar-refractivity contribution in [2.75, 3.05) is 11.0 Å². The van der Waals surface area contributed by atoms with Crippen molar-refractivity contribution in [2.24, 2.45) is 0 Å². The van der Waals surface area contributed by atoms with Crippen LogP contribution < -0.4 is 4.72 Å². The van der Waals surface area contributed by atoms with Crippen LogP contribution in [0.1, 0.15) is 24.8 Å². The van der Waals surface area contributed by atoms with Crippen LogP contribution in [-0.2, 0) is 10.0 Å². The molecule has 0 aliphatic rings. The molecule has 1 aromatic carbocycles. The van der Waals surface area contributed by atoms with Gasteiger partial charge in [0.05, 0.1) is 21.8 Å². The number of nitrogens with one attached hydrogen (secondary N) is 1. The van der Waals surface area contributed by atoms with E-state index in [4.69, 9.17) is 0 Å². The number of nitrogens with zero attached hydrogens (tertiary/aromatic N) is 1. The molecule has 1 aromatic heterocycles. The summed E-state index contributed by atoms with van der Waals surface area (Å²) >= 11 is 1.59. The largest absolute Gasteiger partial charge is 0.283 e. The molecule has 1 N–H and O–H groups in total. The minimum Gasteiger partial charge on any atom is -0.283 e. The lowest BCUT2D eigenvalue weighted by molar-refractivity contribution is 0.607. The number of aromatic nitrogens is 1. The average molecular weight is 296 g/mol. The first kappa shape index (κ1) is 14.0. The van der Waals surface area contributed by atoms with E-state index in [0.29, 0.717) is 11.6 Å². The Morgan fingerprint density at radius 2 is 1.95 bits per heavy atom. The minimum atomic E-state index is -3.28. The van der Waals surface area contributed by atoms with Crippen LogP contribution in [0.15, 0.2) is 30.5 Å². The molecule has 0 spiro atoms. The van der Waals surface area contributed by atoms with Gasteiger partial charge in [-0.25, -0.2) is 13.4 Å². The predicted octanol–water partition coefficient (Wildman–Crippen LogP) is 3.31. The van der Waals surface area contributed by atoms with E-state index in [1.54, 1.807) is 29.7 Å².